The summed E-state index contributed by atoms with van der Waals surface area (Å²) in [7, 11) is 0. The summed E-state index contributed by atoms with van der Waals surface area (Å²) in [6, 6.07) is 5.09. The van der Waals surface area contributed by atoms with Gasteiger partial charge in [0.15, 0.2) is 5.13 Å². The third-order valence-corrected chi connectivity index (χ3v) is 5.22. The second-order valence-corrected chi connectivity index (χ2v) is 6.57. The minimum atomic E-state index is -0.169. The van der Waals surface area contributed by atoms with Crippen molar-refractivity contribution in [2.75, 3.05) is 31.2 Å². The molecule has 1 spiro atoms. The molecule has 2 aliphatic rings. The lowest BCUT2D eigenvalue weighted by Crippen LogP contribution is -2.60. The second-order valence-electron chi connectivity index (χ2n) is 5.60. The Morgan fingerprint density at radius 1 is 1.37 bits per heavy atom. The van der Waals surface area contributed by atoms with E-state index < -0.39 is 0 Å². The zero-order valence-corrected chi connectivity index (χ0v) is 11.4. The minimum absolute atomic E-state index is 0.169. The molecule has 1 aromatic carbocycles. The molecule has 5 heteroatoms. The fourth-order valence-electron chi connectivity index (χ4n) is 3.10. The standard InChI is InChI=1S/C14H15FN2OS/c15-10-3-1-4-11-12(10)19-13(16-11)17-7-14(8-17)5-2-6-18-9-14/h1,3-4H,2,5-9H2. The number of thiazole rings is 1. The van der Waals surface area contributed by atoms with E-state index in [1.165, 1.54) is 23.8 Å². The number of hydrogen-bond acceptors (Lipinski definition) is 4. The fourth-order valence-corrected chi connectivity index (χ4v) is 4.07. The molecule has 19 heavy (non-hydrogen) atoms. The van der Waals surface area contributed by atoms with Crippen LogP contribution in [0.5, 0.6) is 0 Å². The van der Waals surface area contributed by atoms with Crippen LogP contribution < -0.4 is 4.90 Å². The Morgan fingerprint density at radius 2 is 2.26 bits per heavy atom. The lowest BCUT2D eigenvalue weighted by Gasteiger charge is -2.51. The first kappa shape index (κ1) is 11.6. The van der Waals surface area contributed by atoms with E-state index >= 15 is 0 Å². The van der Waals surface area contributed by atoms with Crippen LogP contribution in [0.15, 0.2) is 18.2 Å². The number of anilines is 1. The summed E-state index contributed by atoms with van der Waals surface area (Å²) in [5.41, 5.74) is 1.09. The number of fused-ring (bicyclic) bond motifs is 1. The molecule has 2 aromatic rings. The molecule has 0 saturated carbocycles. The molecule has 2 saturated heterocycles. The molecule has 4 rings (SSSR count). The Bertz CT molecular complexity index is 613. The first-order chi connectivity index (χ1) is 9.26. The Labute approximate surface area is 115 Å². The maximum atomic E-state index is 13.7. The van der Waals surface area contributed by atoms with E-state index in [0.29, 0.717) is 10.1 Å². The molecule has 0 radical (unpaired) electrons. The monoisotopic (exact) mass is 278 g/mol. The summed E-state index contributed by atoms with van der Waals surface area (Å²) in [6.45, 7) is 3.75. The van der Waals surface area contributed by atoms with Crippen molar-refractivity contribution in [2.24, 2.45) is 5.41 Å². The molecule has 2 fully saturated rings. The SMILES string of the molecule is Fc1cccc2nc(N3CC4(CCCOC4)C3)sc12. The first-order valence-electron chi connectivity index (χ1n) is 6.64. The molecule has 1 aromatic heterocycles. The third kappa shape index (κ3) is 1.83. The van der Waals surface area contributed by atoms with Gasteiger partial charge in [0.1, 0.15) is 5.82 Å². The van der Waals surface area contributed by atoms with Gasteiger partial charge >= 0.3 is 0 Å². The van der Waals surface area contributed by atoms with Crippen LogP contribution >= 0.6 is 11.3 Å². The Balaban J connectivity index is 1.58. The summed E-state index contributed by atoms with van der Waals surface area (Å²) < 4.78 is 19.9. The van der Waals surface area contributed by atoms with Crippen molar-refractivity contribution in [1.29, 1.82) is 0 Å². The van der Waals surface area contributed by atoms with Crippen molar-refractivity contribution in [3.63, 3.8) is 0 Å². The summed E-state index contributed by atoms with van der Waals surface area (Å²) in [5, 5.41) is 0.941. The van der Waals surface area contributed by atoms with Gasteiger partial charge in [-0.1, -0.05) is 17.4 Å². The summed E-state index contributed by atoms with van der Waals surface area (Å²) >= 11 is 1.45. The molecule has 0 amide bonds. The molecule has 0 bridgehead atoms. The zero-order valence-electron chi connectivity index (χ0n) is 10.6. The highest BCUT2D eigenvalue weighted by molar-refractivity contribution is 7.22. The van der Waals surface area contributed by atoms with Crippen LogP contribution in [0.3, 0.4) is 0 Å². The lowest BCUT2D eigenvalue weighted by molar-refractivity contribution is -0.0234. The predicted octanol–water partition coefficient (Wildman–Crippen LogP) is 3.05. The highest BCUT2D eigenvalue weighted by Crippen LogP contribution is 2.42. The van der Waals surface area contributed by atoms with E-state index in [4.69, 9.17) is 4.74 Å². The van der Waals surface area contributed by atoms with E-state index in [1.807, 2.05) is 6.07 Å². The molecule has 3 nitrogen and oxygen atoms in total. The minimum Gasteiger partial charge on any atom is -0.381 e. The molecule has 3 heterocycles. The van der Waals surface area contributed by atoms with Gasteiger partial charge in [0.05, 0.1) is 16.8 Å². The van der Waals surface area contributed by atoms with Gasteiger partial charge in [-0.3, -0.25) is 0 Å². The zero-order chi connectivity index (χ0) is 12.9. The van der Waals surface area contributed by atoms with Crippen molar-refractivity contribution in [3.8, 4) is 0 Å². The van der Waals surface area contributed by atoms with Gasteiger partial charge in [0.25, 0.3) is 0 Å². The van der Waals surface area contributed by atoms with Gasteiger partial charge in [-0.25, -0.2) is 9.37 Å². The number of ether oxygens (including phenoxy) is 1. The van der Waals surface area contributed by atoms with Crippen LogP contribution in [0.4, 0.5) is 9.52 Å². The predicted molar refractivity (Wildman–Crippen MR) is 74.3 cm³/mol. The Hall–Kier alpha value is -1.20. The lowest BCUT2D eigenvalue weighted by atomic mass is 9.76. The van der Waals surface area contributed by atoms with Crippen LogP contribution in [0.1, 0.15) is 12.8 Å². The third-order valence-electron chi connectivity index (χ3n) is 4.08. The summed E-state index contributed by atoms with van der Waals surface area (Å²) in [5.74, 6) is -0.169. The molecular weight excluding hydrogens is 263 g/mol. The molecule has 0 atom stereocenters. The number of benzene rings is 1. The highest BCUT2D eigenvalue weighted by atomic mass is 32.1. The van der Waals surface area contributed by atoms with Crippen LogP contribution in [-0.4, -0.2) is 31.3 Å². The number of halogens is 1. The summed E-state index contributed by atoms with van der Waals surface area (Å²) in [6.07, 6.45) is 2.39. The molecule has 0 N–H and O–H groups in total. The van der Waals surface area contributed by atoms with Crippen LogP contribution in [0.2, 0.25) is 0 Å². The highest BCUT2D eigenvalue weighted by Gasteiger charge is 2.45. The quantitative estimate of drug-likeness (QED) is 0.801. The van der Waals surface area contributed by atoms with Crippen LogP contribution in [0, 0.1) is 11.2 Å². The van der Waals surface area contributed by atoms with E-state index in [1.54, 1.807) is 6.07 Å². The average molecular weight is 278 g/mol. The van der Waals surface area contributed by atoms with Crippen molar-refractivity contribution < 1.29 is 9.13 Å². The molecule has 100 valence electrons. The largest absolute Gasteiger partial charge is 0.381 e. The normalized spacial score (nSPS) is 21.8. The maximum Gasteiger partial charge on any atom is 0.186 e. The van der Waals surface area contributed by atoms with Crippen molar-refractivity contribution >= 4 is 26.7 Å². The molecule has 0 aliphatic carbocycles. The Kier molecular flexibility index (Phi) is 2.53. The molecular formula is C14H15FN2OS. The second kappa shape index (κ2) is 4.15. The topological polar surface area (TPSA) is 25.4 Å². The van der Waals surface area contributed by atoms with E-state index in [9.17, 15) is 4.39 Å². The van der Waals surface area contributed by atoms with Gasteiger partial charge in [0.2, 0.25) is 0 Å². The van der Waals surface area contributed by atoms with Crippen molar-refractivity contribution in [2.45, 2.75) is 12.8 Å². The molecule has 2 aliphatic heterocycles. The number of nitrogens with zero attached hydrogens (tertiary/aromatic N) is 2. The maximum absolute atomic E-state index is 13.7. The van der Waals surface area contributed by atoms with E-state index in [2.05, 4.69) is 9.88 Å². The molecule has 0 unspecified atom stereocenters. The van der Waals surface area contributed by atoms with Gasteiger partial charge in [-0.15, -0.1) is 0 Å². The van der Waals surface area contributed by atoms with E-state index in [-0.39, 0.29) is 5.82 Å². The van der Waals surface area contributed by atoms with Gasteiger partial charge in [-0.05, 0) is 25.0 Å². The van der Waals surface area contributed by atoms with Gasteiger partial charge in [0, 0.05) is 25.1 Å². The van der Waals surface area contributed by atoms with Crippen LogP contribution in [-0.2, 0) is 4.74 Å². The fraction of sp³-hybridized carbons (Fsp3) is 0.500. The van der Waals surface area contributed by atoms with Gasteiger partial charge in [-0.2, -0.15) is 0 Å². The summed E-state index contributed by atoms with van der Waals surface area (Å²) in [4.78, 5) is 6.79. The first-order valence-corrected chi connectivity index (χ1v) is 7.45. The van der Waals surface area contributed by atoms with Crippen molar-refractivity contribution in [1.82, 2.24) is 4.98 Å². The number of aromatic nitrogens is 1. The number of rotatable bonds is 1. The smallest absolute Gasteiger partial charge is 0.186 e. The Morgan fingerprint density at radius 3 is 3.00 bits per heavy atom. The van der Waals surface area contributed by atoms with Crippen LogP contribution in [0.25, 0.3) is 10.2 Å². The average Bonchev–Trinajstić information content (AvgIpc) is 2.82. The van der Waals surface area contributed by atoms with Gasteiger partial charge < -0.3 is 9.64 Å². The van der Waals surface area contributed by atoms with Crippen molar-refractivity contribution in [3.05, 3.63) is 24.0 Å². The number of hydrogen-bond donors (Lipinski definition) is 0. The van der Waals surface area contributed by atoms with E-state index in [0.717, 1.165) is 43.4 Å².